The molecule has 0 aliphatic rings. The van der Waals surface area contributed by atoms with E-state index in [-0.39, 0.29) is 6.79 Å². The summed E-state index contributed by atoms with van der Waals surface area (Å²) in [5.74, 6) is 2.97. The van der Waals surface area contributed by atoms with Crippen molar-refractivity contribution >= 4 is 10.8 Å². The highest BCUT2D eigenvalue weighted by Crippen LogP contribution is 2.29. The Kier molecular flexibility index (Phi) is 5.44. The van der Waals surface area contributed by atoms with Crippen molar-refractivity contribution in [1.29, 1.82) is 0 Å². The van der Waals surface area contributed by atoms with E-state index in [4.69, 9.17) is 14.2 Å². The molecule has 3 aromatic rings. The maximum atomic E-state index is 5.74. The highest BCUT2D eigenvalue weighted by Gasteiger charge is 2.05. The largest absolute Gasteiger partial charge is 0.496 e. The number of methoxy groups -OCH3 is 1. The summed E-state index contributed by atoms with van der Waals surface area (Å²) in [5, 5.41) is 2.15. The van der Waals surface area contributed by atoms with E-state index < -0.39 is 0 Å². The van der Waals surface area contributed by atoms with Crippen molar-refractivity contribution < 1.29 is 14.2 Å². The maximum absolute atomic E-state index is 5.74. The molecule has 3 heteroatoms. The third-order valence-electron chi connectivity index (χ3n) is 4.55. The molecule has 0 saturated carbocycles. The summed E-state index contributed by atoms with van der Waals surface area (Å²) >= 11 is 0. The van der Waals surface area contributed by atoms with Gasteiger partial charge in [-0.1, -0.05) is 44.2 Å². The van der Waals surface area contributed by atoms with E-state index in [1.807, 2.05) is 42.5 Å². The quantitative estimate of drug-likeness (QED) is 0.512. The minimum absolute atomic E-state index is 0.170. The Hall–Kier alpha value is -2.68. The van der Waals surface area contributed by atoms with E-state index in [1.54, 1.807) is 7.11 Å². The average molecular weight is 336 g/mol. The van der Waals surface area contributed by atoms with Crippen LogP contribution in [0.15, 0.2) is 60.7 Å². The molecule has 0 aliphatic carbocycles. The molecule has 0 amide bonds. The molecule has 1 unspecified atom stereocenters. The Morgan fingerprint density at radius 2 is 1.60 bits per heavy atom. The normalized spacial score (nSPS) is 12.0. The fourth-order valence-electron chi connectivity index (χ4n) is 2.78. The minimum Gasteiger partial charge on any atom is -0.496 e. The summed E-state index contributed by atoms with van der Waals surface area (Å²) in [6, 6.07) is 20.1. The molecule has 3 aromatic carbocycles. The molecular weight excluding hydrogens is 312 g/mol. The number of hydrogen-bond donors (Lipinski definition) is 0. The van der Waals surface area contributed by atoms with Gasteiger partial charge >= 0.3 is 0 Å². The highest BCUT2D eigenvalue weighted by atomic mass is 16.7. The lowest BCUT2D eigenvalue weighted by Crippen LogP contribution is -2.05. The van der Waals surface area contributed by atoms with Gasteiger partial charge in [0.05, 0.1) is 7.11 Å². The lowest BCUT2D eigenvalue weighted by molar-refractivity contribution is 0.120. The van der Waals surface area contributed by atoms with Crippen LogP contribution in [0.4, 0.5) is 0 Å². The maximum Gasteiger partial charge on any atom is 0.230 e. The van der Waals surface area contributed by atoms with Crippen LogP contribution in [0.5, 0.6) is 17.2 Å². The number of ether oxygens (including phenoxy) is 3. The number of rotatable bonds is 7. The second kappa shape index (κ2) is 7.93. The van der Waals surface area contributed by atoms with E-state index in [1.165, 1.54) is 5.56 Å². The molecule has 0 bridgehead atoms. The highest BCUT2D eigenvalue weighted by molar-refractivity contribution is 5.89. The van der Waals surface area contributed by atoms with Gasteiger partial charge in [0.1, 0.15) is 17.2 Å². The lowest BCUT2D eigenvalue weighted by atomic mass is 9.99. The Morgan fingerprint density at radius 1 is 0.880 bits per heavy atom. The van der Waals surface area contributed by atoms with Gasteiger partial charge < -0.3 is 14.2 Å². The second-order valence-corrected chi connectivity index (χ2v) is 6.13. The number of hydrogen-bond acceptors (Lipinski definition) is 3. The molecule has 25 heavy (non-hydrogen) atoms. The molecule has 0 spiro atoms. The summed E-state index contributed by atoms with van der Waals surface area (Å²) in [6.07, 6.45) is 1.13. The molecule has 130 valence electrons. The van der Waals surface area contributed by atoms with Crippen molar-refractivity contribution in [3.8, 4) is 17.2 Å². The van der Waals surface area contributed by atoms with Crippen molar-refractivity contribution in [2.24, 2.45) is 0 Å². The fourth-order valence-corrected chi connectivity index (χ4v) is 2.78. The summed E-state index contributed by atoms with van der Waals surface area (Å²) in [7, 11) is 1.68. The summed E-state index contributed by atoms with van der Waals surface area (Å²) < 4.78 is 16.8. The van der Waals surface area contributed by atoms with Crippen LogP contribution in [0.1, 0.15) is 31.7 Å². The SMILES string of the molecule is CCC(C)c1ccc(OCOc2ccc3cccc(OC)c3c2)cc1. The number of fused-ring (bicyclic) bond motifs is 1. The van der Waals surface area contributed by atoms with Gasteiger partial charge in [-0.2, -0.15) is 0 Å². The first-order valence-electron chi connectivity index (χ1n) is 8.63. The smallest absolute Gasteiger partial charge is 0.230 e. The van der Waals surface area contributed by atoms with Crippen molar-refractivity contribution in [2.75, 3.05) is 13.9 Å². The van der Waals surface area contributed by atoms with Crippen LogP contribution in [-0.4, -0.2) is 13.9 Å². The number of benzene rings is 3. The van der Waals surface area contributed by atoms with E-state index >= 15 is 0 Å². The van der Waals surface area contributed by atoms with Gasteiger partial charge in [0.25, 0.3) is 0 Å². The molecule has 0 saturated heterocycles. The molecule has 1 atom stereocenters. The molecule has 0 radical (unpaired) electrons. The average Bonchev–Trinajstić information content (AvgIpc) is 2.67. The first kappa shape index (κ1) is 17.2. The first-order chi connectivity index (χ1) is 12.2. The van der Waals surface area contributed by atoms with E-state index in [9.17, 15) is 0 Å². The molecule has 3 rings (SSSR count). The molecule has 3 nitrogen and oxygen atoms in total. The van der Waals surface area contributed by atoms with Crippen LogP contribution in [-0.2, 0) is 0 Å². The van der Waals surface area contributed by atoms with Crippen molar-refractivity contribution in [3.63, 3.8) is 0 Å². The molecule has 0 fully saturated rings. The van der Waals surface area contributed by atoms with E-state index in [0.29, 0.717) is 5.92 Å². The molecule has 0 aromatic heterocycles. The van der Waals surface area contributed by atoms with Gasteiger partial charge in [-0.15, -0.1) is 0 Å². The van der Waals surface area contributed by atoms with Gasteiger partial charge in [0.2, 0.25) is 6.79 Å². The Balaban J connectivity index is 1.63. The lowest BCUT2D eigenvalue weighted by Gasteiger charge is -2.12. The zero-order valence-electron chi connectivity index (χ0n) is 15.0. The standard InChI is InChI=1S/C22H24O3/c1-4-16(2)17-8-11-19(12-9-17)24-15-25-20-13-10-18-6-5-7-22(23-3)21(18)14-20/h5-14,16H,4,15H2,1-3H3. The first-order valence-corrected chi connectivity index (χ1v) is 8.63. The molecule has 0 N–H and O–H groups in total. The Labute approximate surface area is 149 Å². The van der Waals surface area contributed by atoms with Crippen molar-refractivity contribution in [3.05, 3.63) is 66.2 Å². The molecule has 0 aliphatic heterocycles. The van der Waals surface area contributed by atoms with Gasteiger partial charge in [0.15, 0.2) is 0 Å². The second-order valence-electron chi connectivity index (χ2n) is 6.13. The van der Waals surface area contributed by atoms with Gasteiger partial charge in [-0.3, -0.25) is 0 Å². The summed E-state index contributed by atoms with van der Waals surface area (Å²) in [5.41, 5.74) is 1.33. The van der Waals surface area contributed by atoms with Crippen molar-refractivity contribution in [2.45, 2.75) is 26.2 Å². The zero-order chi connectivity index (χ0) is 17.6. The topological polar surface area (TPSA) is 27.7 Å². The predicted molar refractivity (Wildman–Crippen MR) is 102 cm³/mol. The van der Waals surface area contributed by atoms with Gasteiger partial charge in [0, 0.05) is 5.39 Å². The molecule has 0 heterocycles. The van der Waals surface area contributed by atoms with Crippen LogP contribution >= 0.6 is 0 Å². The van der Waals surface area contributed by atoms with E-state index in [0.717, 1.165) is 34.4 Å². The van der Waals surface area contributed by atoms with Crippen LogP contribution in [0, 0.1) is 0 Å². The van der Waals surface area contributed by atoms with Crippen LogP contribution in [0.3, 0.4) is 0 Å². The fraction of sp³-hybridized carbons (Fsp3) is 0.273. The third kappa shape index (κ3) is 4.05. The Bertz CT molecular complexity index is 824. The van der Waals surface area contributed by atoms with E-state index in [2.05, 4.69) is 32.0 Å². The van der Waals surface area contributed by atoms with Gasteiger partial charge in [-0.25, -0.2) is 0 Å². The summed E-state index contributed by atoms with van der Waals surface area (Å²) in [4.78, 5) is 0. The zero-order valence-corrected chi connectivity index (χ0v) is 15.0. The minimum atomic E-state index is 0.170. The third-order valence-corrected chi connectivity index (χ3v) is 4.55. The predicted octanol–water partition coefficient (Wildman–Crippen LogP) is 5.78. The van der Waals surface area contributed by atoms with Crippen LogP contribution in [0.25, 0.3) is 10.8 Å². The monoisotopic (exact) mass is 336 g/mol. The van der Waals surface area contributed by atoms with Gasteiger partial charge in [-0.05, 0) is 53.6 Å². The van der Waals surface area contributed by atoms with Crippen molar-refractivity contribution in [1.82, 2.24) is 0 Å². The molecular formula is C22H24O3. The van der Waals surface area contributed by atoms with Crippen LogP contribution < -0.4 is 14.2 Å². The summed E-state index contributed by atoms with van der Waals surface area (Å²) in [6.45, 7) is 4.60. The Morgan fingerprint density at radius 3 is 2.32 bits per heavy atom. The van der Waals surface area contributed by atoms with Crippen LogP contribution in [0.2, 0.25) is 0 Å².